The Balaban J connectivity index is 2.23. The predicted molar refractivity (Wildman–Crippen MR) is 69.3 cm³/mol. The van der Waals surface area contributed by atoms with Crippen LogP contribution in [0.2, 0.25) is 0 Å². The molecule has 0 unspecified atom stereocenters. The van der Waals surface area contributed by atoms with Gasteiger partial charge < -0.3 is 15.5 Å². The molecule has 1 saturated heterocycles. The molecule has 1 aromatic carbocycles. The lowest BCUT2D eigenvalue weighted by Gasteiger charge is -2.32. The van der Waals surface area contributed by atoms with E-state index >= 15 is 0 Å². The number of piperazine rings is 1. The Kier molecular flexibility index (Phi) is 3.89. The number of carbonyl (C=O) groups excluding carboxylic acids is 1. The maximum absolute atomic E-state index is 12.8. The minimum Gasteiger partial charge on any atom is -0.398 e. The average molecular weight is 287 g/mol. The first-order chi connectivity index (χ1) is 9.29. The third-order valence-electron chi connectivity index (χ3n) is 3.40. The number of rotatable bonds is 1. The van der Waals surface area contributed by atoms with Gasteiger partial charge in [0.2, 0.25) is 0 Å². The van der Waals surface area contributed by atoms with Gasteiger partial charge in [0.15, 0.2) is 0 Å². The van der Waals surface area contributed by atoms with Gasteiger partial charge in [-0.2, -0.15) is 13.2 Å². The lowest BCUT2D eigenvalue weighted by atomic mass is 10.1. The van der Waals surface area contributed by atoms with E-state index in [1.54, 1.807) is 4.90 Å². The quantitative estimate of drug-likeness (QED) is 0.799. The van der Waals surface area contributed by atoms with E-state index in [9.17, 15) is 18.0 Å². The van der Waals surface area contributed by atoms with Crippen molar-refractivity contribution in [1.29, 1.82) is 0 Å². The monoisotopic (exact) mass is 287 g/mol. The summed E-state index contributed by atoms with van der Waals surface area (Å²) >= 11 is 0. The molecule has 2 rings (SSSR count). The van der Waals surface area contributed by atoms with Crippen molar-refractivity contribution in [2.24, 2.45) is 0 Å². The Morgan fingerprint density at radius 2 is 1.80 bits per heavy atom. The molecular weight excluding hydrogens is 271 g/mol. The first-order valence-electron chi connectivity index (χ1n) is 6.23. The summed E-state index contributed by atoms with van der Waals surface area (Å²) in [7, 11) is 1.94. The van der Waals surface area contributed by atoms with Crippen LogP contribution in [0.4, 0.5) is 18.9 Å². The molecule has 20 heavy (non-hydrogen) atoms. The minimum absolute atomic E-state index is 0.0241. The van der Waals surface area contributed by atoms with Crippen molar-refractivity contribution >= 4 is 11.6 Å². The number of hydrogen-bond donors (Lipinski definition) is 1. The first kappa shape index (κ1) is 14.6. The highest BCUT2D eigenvalue weighted by atomic mass is 19.4. The lowest BCUT2D eigenvalue weighted by Crippen LogP contribution is -2.47. The third-order valence-corrected chi connectivity index (χ3v) is 3.40. The number of carbonyl (C=O) groups is 1. The predicted octanol–water partition coefficient (Wildman–Crippen LogP) is 1.68. The topological polar surface area (TPSA) is 49.6 Å². The van der Waals surface area contributed by atoms with Crippen molar-refractivity contribution in [3.05, 3.63) is 29.3 Å². The molecular formula is C13H16F3N3O. The third kappa shape index (κ3) is 3.04. The highest BCUT2D eigenvalue weighted by molar-refractivity contribution is 5.95. The fraction of sp³-hybridized carbons (Fsp3) is 0.462. The number of amides is 1. The van der Waals surface area contributed by atoms with Gasteiger partial charge in [-0.25, -0.2) is 0 Å². The molecule has 1 aromatic rings. The van der Waals surface area contributed by atoms with E-state index in [1.165, 1.54) is 6.07 Å². The van der Waals surface area contributed by atoms with Crippen LogP contribution < -0.4 is 5.73 Å². The Morgan fingerprint density at radius 1 is 1.20 bits per heavy atom. The molecule has 0 radical (unpaired) electrons. The summed E-state index contributed by atoms with van der Waals surface area (Å²) < 4.78 is 38.3. The number of hydrogen-bond acceptors (Lipinski definition) is 3. The molecule has 1 amide bonds. The van der Waals surface area contributed by atoms with Crippen LogP contribution in [-0.4, -0.2) is 48.9 Å². The molecule has 1 aliphatic rings. The first-order valence-corrected chi connectivity index (χ1v) is 6.23. The fourth-order valence-electron chi connectivity index (χ4n) is 2.13. The van der Waals surface area contributed by atoms with Crippen molar-refractivity contribution < 1.29 is 18.0 Å². The summed E-state index contributed by atoms with van der Waals surface area (Å²) in [5.41, 5.74) is 4.02. The molecule has 1 fully saturated rings. The van der Waals surface area contributed by atoms with Crippen LogP contribution in [-0.2, 0) is 6.18 Å². The summed E-state index contributed by atoms with van der Waals surface area (Å²) in [6.45, 7) is 2.46. The number of nitrogens with zero attached hydrogens (tertiary/aromatic N) is 2. The molecule has 0 aromatic heterocycles. The maximum Gasteiger partial charge on any atom is 0.418 e. The second kappa shape index (κ2) is 5.32. The van der Waals surface area contributed by atoms with E-state index in [1.807, 2.05) is 7.05 Å². The fourth-order valence-corrected chi connectivity index (χ4v) is 2.13. The second-order valence-corrected chi connectivity index (χ2v) is 4.90. The van der Waals surface area contributed by atoms with Gasteiger partial charge in [0.05, 0.1) is 5.56 Å². The highest BCUT2D eigenvalue weighted by Gasteiger charge is 2.34. The zero-order valence-electron chi connectivity index (χ0n) is 11.1. The maximum atomic E-state index is 12.8. The van der Waals surface area contributed by atoms with Gasteiger partial charge >= 0.3 is 6.18 Å². The highest BCUT2D eigenvalue weighted by Crippen LogP contribution is 2.34. The van der Waals surface area contributed by atoms with Crippen LogP contribution in [0.15, 0.2) is 18.2 Å². The zero-order chi connectivity index (χ0) is 14.9. The van der Waals surface area contributed by atoms with Gasteiger partial charge in [-0.05, 0) is 25.2 Å². The number of likely N-dealkylation sites (N-methyl/N-ethyl adjacent to an activating group) is 1. The lowest BCUT2D eigenvalue weighted by molar-refractivity contribution is -0.136. The largest absolute Gasteiger partial charge is 0.418 e. The van der Waals surface area contributed by atoms with Gasteiger partial charge in [0, 0.05) is 37.4 Å². The van der Waals surface area contributed by atoms with E-state index in [0.29, 0.717) is 26.2 Å². The Morgan fingerprint density at radius 3 is 2.35 bits per heavy atom. The second-order valence-electron chi connectivity index (χ2n) is 4.90. The molecule has 1 heterocycles. The molecule has 0 saturated carbocycles. The van der Waals surface area contributed by atoms with Crippen LogP contribution >= 0.6 is 0 Å². The van der Waals surface area contributed by atoms with Crippen molar-refractivity contribution in [3.63, 3.8) is 0 Å². The van der Waals surface area contributed by atoms with Crippen LogP contribution in [0.25, 0.3) is 0 Å². The van der Waals surface area contributed by atoms with Crippen LogP contribution in [0.1, 0.15) is 15.9 Å². The number of halogens is 3. The smallest absolute Gasteiger partial charge is 0.398 e. The number of nitrogens with two attached hydrogens (primary N) is 1. The van der Waals surface area contributed by atoms with Gasteiger partial charge in [0.1, 0.15) is 0 Å². The molecule has 0 spiro atoms. The van der Waals surface area contributed by atoms with Crippen LogP contribution in [0.5, 0.6) is 0 Å². The number of alkyl halides is 3. The number of benzene rings is 1. The summed E-state index contributed by atoms with van der Waals surface area (Å²) in [6.07, 6.45) is -4.55. The van der Waals surface area contributed by atoms with Crippen molar-refractivity contribution in [3.8, 4) is 0 Å². The summed E-state index contributed by atoms with van der Waals surface area (Å²) in [5.74, 6) is -0.386. The summed E-state index contributed by atoms with van der Waals surface area (Å²) in [4.78, 5) is 15.8. The molecule has 4 nitrogen and oxygen atoms in total. The average Bonchev–Trinajstić information content (AvgIpc) is 2.38. The van der Waals surface area contributed by atoms with E-state index < -0.39 is 11.7 Å². The molecule has 0 atom stereocenters. The van der Waals surface area contributed by atoms with Gasteiger partial charge in [-0.3, -0.25) is 4.79 Å². The molecule has 0 bridgehead atoms. The van der Waals surface area contributed by atoms with Crippen molar-refractivity contribution in [1.82, 2.24) is 9.80 Å². The molecule has 7 heteroatoms. The molecule has 0 aliphatic carbocycles. The van der Waals surface area contributed by atoms with E-state index in [4.69, 9.17) is 5.73 Å². The van der Waals surface area contributed by atoms with E-state index in [2.05, 4.69) is 4.90 Å². The standard InChI is InChI=1S/C13H16F3N3O/c1-18-4-6-19(7-5-18)12(20)9-2-3-11(17)10(8-9)13(14,15)16/h2-3,8H,4-7,17H2,1H3. The SMILES string of the molecule is CN1CCN(C(=O)c2ccc(N)c(C(F)(F)F)c2)CC1. The van der Waals surface area contributed by atoms with Crippen molar-refractivity contribution in [2.75, 3.05) is 39.0 Å². The van der Waals surface area contributed by atoms with E-state index in [-0.39, 0.29) is 17.2 Å². The Labute approximate surface area is 114 Å². The van der Waals surface area contributed by atoms with Crippen LogP contribution in [0.3, 0.4) is 0 Å². The van der Waals surface area contributed by atoms with Gasteiger partial charge in [-0.1, -0.05) is 0 Å². The summed E-state index contributed by atoms with van der Waals surface area (Å²) in [6, 6.07) is 3.30. The van der Waals surface area contributed by atoms with Crippen molar-refractivity contribution in [2.45, 2.75) is 6.18 Å². The zero-order valence-corrected chi connectivity index (χ0v) is 11.1. The Bertz CT molecular complexity index is 508. The minimum atomic E-state index is -4.55. The normalized spacial score (nSPS) is 17.3. The van der Waals surface area contributed by atoms with Gasteiger partial charge in [-0.15, -0.1) is 0 Å². The van der Waals surface area contributed by atoms with Crippen LogP contribution in [0, 0.1) is 0 Å². The molecule has 110 valence electrons. The number of anilines is 1. The van der Waals surface area contributed by atoms with Gasteiger partial charge in [0.25, 0.3) is 5.91 Å². The Hall–Kier alpha value is -1.76. The summed E-state index contributed by atoms with van der Waals surface area (Å²) in [5, 5.41) is 0. The molecule has 2 N–H and O–H groups in total. The van der Waals surface area contributed by atoms with E-state index in [0.717, 1.165) is 12.1 Å². The number of nitrogen functional groups attached to an aromatic ring is 1. The molecule has 1 aliphatic heterocycles.